The van der Waals surface area contributed by atoms with Gasteiger partial charge in [-0.1, -0.05) is 172 Å². The van der Waals surface area contributed by atoms with Crippen LogP contribution in [0.1, 0.15) is 123 Å². The van der Waals surface area contributed by atoms with E-state index < -0.39 is 42.8 Å². The van der Waals surface area contributed by atoms with E-state index in [9.17, 15) is 5.11 Å². The number of pyridine rings is 1. The summed E-state index contributed by atoms with van der Waals surface area (Å²) < 4.78 is 87.6. The molecule has 0 aliphatic rings. The van der Waals surface area contributed by atoms with Crippen LogP contribution in [0.2, 0.25) is 0 Å². The minimum Gasteiger partial charge on any atom is -0.507 e. The summed E-state index contributed by atoms with van der Waals surface area (Å²) in [5, 5.41) is 12.4. The summed E-state index contributed by atoms with van der Waals surface area (Å²) >= 11 is 0. The Labute approximate surface area is 403 Å². The van der Waals surface area contributed by atoms with Crippen LogP contribution in [0, 0.1) is 13.0 Å². The van der Waals surface area contributed by atoms with Crippen molar-refractivity contribution in [2.24, 2.45) is 0 Å². The van der Waals surface area contributed by atoms with E-state index in [-0.39, 0.29) is 32.2 Å². The third-order valence-corrected chi connectivity index (χ3v) is 11.6. The fourth-order valence-electron chi connectivity index (χ4n) is 8.11. The van der Waals surface area contributed by atoms with E-state index in [1.807, 2.05) is 119 Å². The molecule has 8 rings (SSSR count). The quantitative estimate of drug-likeness (QED) is 0.162. The van der Waals surface area contributed by atoms with Crippen LogP contribution in [0.5, 0.6) is 5.75 Å². The number of fused-ring (bicyclic) bond motifs is 1. The number of phenols is 1. The molecule has 0 aliphatic carbocycles. The third-order valence-electron chi connectivity index (χ3n) is 11.6. The van der Waals surface area contributed by atoms with Crippen molar-refractivity contribution in [1.29, 1.82) is 0 Å². The van der Waals surface area contributed by atoms with Gasteiger partial charge in [-0.25, -0.2) is 4.98 Å². The van der Waals surface area contributed by atoms with Crippen LogP contribution in [0.4, 0.5) is 0 Å². The Morgan fingerprint density at radius 1 is 0.651 bits per heavy atom. The molecule has 0 atom stereocenters. The maximum Gasteiger partial charge on any atom is 0.148 e. The third kappa shape index (κ3) is 9.11. The van der Waals surface area contributed by atoms with Gasteiger partial charge in [0.2, 0.25) is 0 Å². The molecule has 2 aromatic heterocycles. The number of hydrogen-bond donors (Lipinski definition) is 1. The standard InChI is InChI=1S/C58H60N3O.Pt/c1-36(2)38-21-23-39(24-22-38)41-27-28-59-50(34-41)43-31-42(32-45(33-43)57(7,8)9)46-19-16-20-52-53(46)60-55(48-29-37(3)30-49(54(48)62)58(10,11)12)61(52)51-26-25-44(56(4,5)6)35-47(51)40-17-14-13-15-18-40;/h13-30,32-36,62H,1-12H3;/q-1;/i4D3,5D3,6D3,36D;. The Hall–Kier alpha value is -5.57. The zero-order chi connectivity index (χ0) is 52.7. The predicted molar refractivity (Wildman–Crippen MR) is 261 cm³/mol. The number of aromatic hydroxyl groups is 1. The maximum atomic E-state index is 12.4. The van der Waals surface area contributed by atoms with Gasteiger partial charge in [-0.05, 0) is 92.8 Å². The number of nitrogens with zero attached hydrogens (tertiary/aromatic N) is 3. The molecule has 1 N–H and O–H groups in total. The van der Waals surface area contributed by atoms with Crippen LogP contribution in [-0.2, 0) is 37.3 Å². The smallest absolute Gasteiger partial charge is 0.148 e. The minimum absolute atomic E-state index is 0. The van der Waals surface area contributed by atoms with Gasteiger partial charge in [-0.2, -0.15) is 0 Å². The van der Waals surface area contributed by atoms with Gasteiger partial charge in [0, 0.05) is 57.8 Å². The van der Waals surface area contributed by atoms with E-state index in [1.165, 1.54) is 12.1 Å². The first-order chi connectivity index (χ1) is 33.3. The van der Waals surface area contributed by atoms with Gasteiger partial charge in [0.15, 0.2) is 0 Å². The molecule has 0 spiro atoms. The van der Waals surface area contributed by atoms with Crippen LogP contribution in [0.3, 0.4) is 0 Å². The summed E-state index contributed by atoms with van der Waals surface area (Å²) in [5.41, 5.74) is 6.77. The van der Waals surface area contributed by atoms with E-state index in [2.05, 4.69) is 39.0 Å². The second-order valence-corrected chi connectivity index (χ2v) is 18.7. The van der Waals surface area contributed by atoms with Crippen LogP contribution < -0.4 is 0 Å². The molecule has 63 heavy (non-hydrogen) atoms. The summed E-state index contributed by atoms with van der Waals surface area (Å²) in [7, 11) is 0. The maximum absolute atomic E-state index is 12.4. The average molecular weight is 1020 g/mol. The summed E-state index contributed by atoms with van der Waals surface area (Å²) in [4.78, 5) is 10.3. The van der Waals surface area contributed by atoms with Crippen molar-refractivity contribution in [2.45, 2.75) is 105 Å². The first kappa shape index (κ1) is 33.9. The SMILES string of the molecule is [2H]C(C)(C)c1ccc(-c2ccnc(-c3[c-]c(-c4cccc5c4nc(-c4cc(C)cc(C(C)(C)C)c4O)n5-c4ccc(C(C([2H])([2H])[2H])(C([2H])([2H])[2H])C([2H])([2H])[2H])cc4-c4ccccc4)cc(C(C)(C)C)c3)c2)cc1.[Pt]. The average Bonchev–Trinajstić information content (AvgIpc) is 3.67. The van der Waals surface area contributed by atoms with Crippen molar-refractivity contribution in [3.63, 3.8) is 0 Å². The van der Waals surface area contributed by atoms with Crippen LogP contribution in [-0.4, -0.2) is 19.6 Å². The molecule has 0 radical (unpaired) electrons. The monoisotopic (exact) mass is 1020 g/mol. The topological polar surface area (TPSA) is 50.9 Å². The zero-order valence-electron chi connectivity index (χ0n) is 47.3. The number of phenolic OH excluding ortho intramolecular Hbond substituents is 1. The van der Waals surface area contributed by atoms with Crippen molar-refractivity contribution in [3.05, 3.63) is 167 Å². The molecule has 0 unspecified atom stereocenters. The second-order valence-electron chi connectivity index (χ2n) is 18.7. The largest absolute Gasteiger partial charge is 0.507 e. The molecule has 4 nitrogen and oxygen atoms in total. The van der Waals surface area contributed by atoms with Gasteiger partial charge in [0.25, 0.3) is 0 Å². The van der Waals surface area contributed by atoms with E-state index in [0.29, 0.717) is 50.5 Å². The Balaban J connectivity index is 0.00000780. The zero-order valence-corrected chi connectivity index (χ0v) is 39.6. The summed E-state index contributed by atoms with van der Waals surface area (Å²) in [6.07, 6.45) is 1.78. The molecule has 2 heterocycles. The van der Waals surface area contributed by atoms with E-state index in [4.69, 9.17) is 23.7 Å². The molecule has 0 aliphatic heterocycles. The summed E-state index contributed by atoms with van der Waals surface area (Å²) in [5.74, 6) is -0.380. The van der Waals surface area contributed by atoms with Gasteiger partial charge in [0.1, 0.15) is 11.6 Å². The number of para-hydroxylation sites is 1. The molecule has 5 heteroatoms. The van der Waals surface area contributed by atoms with Crippen LogP contribution >= 0.6 is 0 Å². The van der Waals surface area contributed by atoms with Crippen molar-refractivity contribution in [2.75, 3.05) is 0 Å². The van der Waals surface area contributed by atoms with E-state index >= 15 is 0 Å². The van der Waals surface area contributed by atoms with Gasteiger partial charge < -0.3 is 5.11 Å². The second kappa shape index (κ2) is 17.2. The Kier molecular flexibility index (Phi) is 9.25. The fraction of sp³-hybridized carbons (Fsp3) is 0.276. The van der Waals surface area contributed by atoms with E-state index in [0.717, 1.165) is 44.5 Å². The summed E-state index contributed by atoms with van der Waals surface area (Å²) in [6, 6.07) is 42.8. The van der Waals surface area contributed by atoms with Crippen molar-refractivity contribution in [1.82, 2.24) is 14.5 Å². The number of aromatic nitrogens is 3. The molecule has 0 saturated carbocycles. The molecular weight excluding hydrogens is 950 g/mol. The van der Waals surface area contributed by atoms with Crippen LogP contribution in [0.15, 0.2) is 134 Å². The molecule has 0 fully saturated rings. The predicted octanol–water partition coefficient (Wildman–Crippen LogP) is 15.6. The van der Waals surface area contributed by atoms with Gasteiger partial charge in [-0.3, -0.25) is 9.55 Å². The van der Waals surface area contributed by atoms with Gasteiger partial charge in [-0.15, -0.1) is 29.3 Å². The molecular formula is C58H60N3OPt-. The van der Waals surface area contributed by atoms with Gasteiger partial charge >= 0.3 is 0 Å². The number of rotatable bonds is 7. The summed E-state index contributed by atoms with van der Waals surface area (Å²) in [6.45, 7) is 7.69. The van der Waals surface area contributed by atoms with Crippen LogP contribution in [0.25, 0.3) is 72.7 Å². The Bertz CT molecular complexity index is 3300. The van der Waals surface area contributed by atoms with E-state index in [1.54, 1.807) is 36.5 Å². The Morgan fingerprint density at radius 2 is 1.37 bits per heavy atom. The molecule has 324 valence electrons. The first-order valence-electron chi connectivity index (χ1n) is 26.0. The number of hydrogen-bond acceptors (Lipinski definition) is 3. The fourth-order valence-corrected chi connectivity index (χ4v) is 8.11. The number of benzene rings is 6. The van der Waals surface area contributed by atoms with Crippen molar-refractivity contribution < 1.29 is 39.9 Å². The Morgan fingerprint density at radius 3 is 2.03 bits per heavy atom. The molecule has 0 saturated heterocycles. The molecule has 8 aromatic rings. The number of aryl methyl sites for hydroxylation is 1. The molecule has 6 aromatic carbocycles. The normalized spacial score (nSPS) is 15.3. The number of imidazole rings is 1. The molecule has 0 bridgehead atoms. The van der Waals surface area contributed by atoms with Gasteiger partial charge in [0.05, 0.1) is 22.3 Å². The minimum atomic E-state index is -3.49. The van der Waals surface area contributed by atoms with Crippen molar-refractivity contribution >= 4 is 11.0 Å². The molecule has 0 amide bonds. The first-order valence-corrected chi connectivity index (χ1v) is 21.0. The van der Waals surface area contributed by atoms with Crippen molar-refractivity contribution in [3.8, 4) is 67.5 Å².